The summed E-state index contributed by atoms with van der Waals surface area (Å²) in [6, 6.07) is 0. The highest BCUT2D eigenvalue weighted by atomic mass is 16.5. The van der Waals surface area contributed by atoms with Crippen LogP contribution < -0.4 is 0 Å². The van der Waals surface area contributed by atoms with E-state index in [-0.39, 0.29) is 5.97 Å². The van der Waals surface area contributed by atoms with E-state index in [0.717, 1.165) is 12.8 Å². The van der Waals surface area contributed by atoms with Crippen LogP contribution in [-0.4, -0.2) is 12.6 Å². The first-order chi connectivity index (χ1) is 6.72. The van der Waals surface area contributed by atoms with Crippen LogP contribution in [-0.2, 0) is 9.53 Å². The summed E-state index contributed by atoms with van der Waals surface area (Å²) in [5, 5.41) is 0. The van der Waals surface area contributed by atoms with Crippen LogP contribution in [0.25, 0.3) is 0 Å². The Labute approximate surface area is 86.6 Å². The van der Waals surface area contributed by atoms with E-state index in [4.69, 9.17) is 4.74 Å². The third-order valence-corrected chi connectivity index (χ3v) is 1.86. The van der Waals surface area contributed by atoms with Crippen molar-refractivity contribution in [3.05, 3.63) is 24.3 Å². The van der Waals surface area contributed by atoms with Crippen LogP contribution in [0.4, 0.5) is 0 Å². The average molecular weight is 196 g/mol. The van der Waals surface area contributed by atoms with Crippen molar-refractivity contribution in [2.45, 2.75) is 39.5 Å². The first kappa shape index (κ1) is 12.9. The first-order valence-corrected chi connectivity index (χ1v) is 5.21. The van der Waals surface area contributed by atoms with Crippen molar-refractivity contribution in [1.29, 1.82) is 0 Å². The zero-order valence-corrected chi connectivity index (χ0v) is 9.21. The Morgan fingerprint density at radius 2 is 2.07 bits per heavy atom. The highest BCUT2D eigenvalue weighted by Crippen LogP contribution is 2.01. The summed E-state index contributed by atoms with van der Waals surface area (Å²) < 4.78 is 5.01. The summed E-state index contributed by atoms with van der Waals surface area (Å²) in [5.41, 5.74) is 0.419. The first-order valence-electron chi connectivity index (χ1n) is 5.21. The molecule has 0 aromatic heterocycles. The van der Waals surface area contributed by atoms with Gasteiger partial charge in [-0.2, -0.15) is 0 Å². The number of rotatable bonds is 7. The van der Waals surface area contributed by atoms with E-state index >= 15 is 0 Å². The molecule has 2 heteroatoms. The highest BCUT2D eigenvalue weighted by Gasteiger charge is 2.03. The molecule has 0 fully saturated rings. The molecule has 0 unspecified atom stereocenters. The predicted molar refractivity (Wildman–Crippen MR) is 59.1 cm³/mol. The van der Waals surface area contributed by atoms with Crippen LogP contribution in [0.1, 0.15) is 39.5 Å². The zero-order valence-electron chi connectivity index (χ0n) is 9.21. The van der Waals surface area contributed by atoms with Crippen molar-refractivity contribution in [3.8, 4) is 0 Å². The van der Waals surface area contributed by atoms with Gasteiger partial charge in [0.1, 0.15) is 0 Å². The Morgan fingerprint density at radius 1 is 1.36 bits per heavy atom. The lowest BCUT2D eigenvalue weighted by Crippen LogP contribution is -2.06. The van der Waals surface area contributed by atoms with Gasteiger partial charge in [0, 0.05) is 0 Å². The van der Waals surface area contributed by atoms with Gasteiger partial charge in [0.05, 0.1) is 12.2 Å². The maximum atomic E-state index is 11.2. The number of hydrogen-bond donors (Lipinski definition) is 0. The number of ether oxygens (including phenoxy) is 1. The summed E-state index contributed by atoms with van der Waals surface area (Å²) in [6.45, 7) is 8.11. The Kier molecular flexibility index (Phi) is 7.90. The second-order valence-corrected chi connectivity index (χ2v) is 3.22. The van der Waals surface area contributed by atoms with Crippen molar-refractivity contribution in [1.82, 2.24) is 0 Å². The van der Waals surface area contributed by atoms with Crippen molar-refractivity contribution in [3.63, 3.8) is 0 Å². The van der Waals surface area contributed by atoms with Crippen LogP contribution in [0.5, 0.6) is 0 Å². The van der Waals surface area contributed by atoms with Gasteiger partial charge in [-0.05, 0) is 13.3 Å². The molecule has 0 N–H and O–H groups in total. The minimum absolute atomic E-state index is 0.306. The van der Waals surface area contributed by atoms with Crippen LogP contribution in [0.3, 0.4) is 0 Å². The number of carbonyl (C=O) groups is 1. The molecule has 80 valence electrons. The third-order valence-electron chi connectivity index (χ3n) is 1.86. The molecule has 2 nitrogen and oxygen atoms in total. The number of unbranched alkanes of at least 4 members (excludes halogenated alkanes) is 3. The fourth-order valence-electron chi connectivity index (χ4n) is 1.06. The van der Waals surface area contributed by atoms with Crippen molar-refractivity contribution in [2.75, 3.05) is 6.61 Å². The van der Waals surface area contributed by atoms with Gasteiger partial charge < -0.3 is 4.74 Å². The number of carbonyl (C=O) groups excluding carboxylic acids is 1. The van der Waals surface area contributed by atoms with E-state index in [9.17, 15) is 4.79 Å². The maximum absolute atomic E-state index is 11.2. The quantitative estimate of drug-likeness (QED) is 0.270. The molecule has 0 rings (SSSR count). The number of allylic oxidation sites excluding steroid dienone is 1. The second kappa shape index (κ2) is 8.54. The molecule has 0 aliphatic rings. The van der Waals surface area contributed by atoms with E-state index in [2.05, 4.69) is 13.5 Å². The molecule has 0 atom stereocenters. The summed E-state index contributed by atoms with van der Waals surface area (Å²) in [5.74, 6) is -0.306. The molecule has 0 saturated carbocycles. The fraction of sp³-hybridized carbons (Fsp3) is 0.583. The van der Waals surface area contributed by atoms with Gasteiger partial charge >= 0.3 is 5.97 Å². The average Bonchev–Trinajstić information content (AvgIpc) is 2.17. The molecule has 0 aromatic carbocycles. The van der Waals surface area contributed by atoms with Crippen LogP contribution >= 0.6 is 0 Å². The molecular weight excluding hydrogens is 176 g/mol. The summed E-state index contributed by atoms with van der Waals surface area (Å²) in [6.07, 6.45) is 7.91. The van der Waals surface area contributed by atoms with Gasteiger partial charge in [0.15, 0.2) is 0 Å². The van der Waals surface area contributed by atoms with Crippen LogP contribution in [0.15, 0.2) is 24.3 Å². The van der Waals surface area contributed by atoms with Gasteiger partial charge in [-0.15, -0.1) is 0 Å². The molecule has 0 bridgehead atoms. The molecule has 14 heavy (non-hydrogen) atoms. The molecular formula is C12H20O2. The zero-order chi connectivity index (χ0) is 10.8. The van der Waals surface area contributed by atoms with E-state index in [1.54, 1.807) is 12.2 Å². The molecule has 0 saturated heterocycles. The third kappa shape index (κ3) is 6.46. The predicted octanol–water partition coefficient (Wildman–Crippen LogP) is 3.24. The van der Waals surface area contributed by atoms with Gasteiger partial charge in [-0.3, -0.25) is 0 Å². The molecule has 0 amide bonds. The molecule has 0 aliphatic carbocycles. The minimum Gasteiger partial charge on any atom is -0.462 e. The van der Waals surface area contributed by atoms with Crippen LogP contribution in [0, 0.1) is 0 Å². The van der Waals surface area contributed by atoms with Crippen molar-refractivity contribution in [2.24, 2.45) is 0 Å². The van der Waals surface area contributed by atoms with Gasteiger partial charge in [0.2, 0.25) is 0 Å². The second-order valence-electron chi connectivity index (χ2n) is 3.22. The molecule has 0 radical (unpaired) electrons. The van der Waals surface area contributed by atoms with E-state index in [1.807, 2.05) is 6.92 Å². The topological polar surface area (TPSA) is 26.3 Å². The minimum atomic E-state index is -0.306. The molecule has 0 spiro atoms. The van der Waals surface area contributed by atoms with E-state index in [1.165, 1.54) is 12.8 Å². The Balaban J connectivity index is 3.49. The fourth-order valence-corrected chi connectivity index (χ4v) is 1.06. The van der Waals surface area contributed by atoms with Gasteiger partial charge in [-0.25, -0.2) is 4.79 Å². The summed E-state index contributed by atoms with van der Waals surface area (Å²) in [7, 11) is 0. The lowest BCUT2D eigenvalue weighted by Gasteiger charge is -2.03. The molecule has 0 aromatic rings. The molecule has 0 heterocycles. The monoisotopic (exact) mass is 196 g/mol. The van der Waals surface area contributed by atoms with Gasteiger partial charge in [-0.1, -0.05) is 44.9 Å². The number of hydrogen-bond acceptors (Lipinski definition) is 2. The van der Waals surface area contributed by atoms with E-state index < -0.39 is 0 Å². The lowest BCUT2D eigenvalue weighted by molar-refractivity contribution is -0.138. The normalized spacial score (nSPS) is 10.4. The SMILES string of the molecule is C=C(C=CC)C(=O)OCCCCCC. The van der Waals surface area contributed by atoms with E-state index in [0.29, 0.717) is 12.2 Å². The largest absolute Gasteiger partial charge is 0.462 e. The van der Waals surface area contributed by atoms with Gasteiger partial charge in [0.25, 0.3) is 0 Å². The Morgan fingerprint density at radius 3 is 2.64 bits per heavy atom. The standard InChI is InChI=1S/C12H20O2/c1-4-6-7-8-10-14-12(13)11(3)9-5-2/h5,9H,3-4,6-8,10H2,1-2H3. The van der Waals surface area contributed by atoms with Crippen LogP contribution in [0.2, 0.25) is 0 Å². The highest BCUT2D eigenvalue weighted by molar-refractivity contribution is 5.90. The summed E-state index contributed by atoms with van der Waals surface area (Å²) in [4.78, 5) is 11.2. The smallest absolute Gasteiger partial charge is 0.337 e. The van der Waals surface area contributed by atoms with Crippen molar-refractivity contribution < 1.29 is 9.53 Å². The summed E-state index contributed by atoms with van der Waals surface area (Å²) >= 11 is 0. The number of esters is 1. The maximum Gasteiger partial charge on any atom is 0.337 e. The Bertz CT molecular complexity index is 204. The Hall–Kier alpha value is -1.05. The molecule has 0 aliphatic heterocycles. The lowest BCUT2D eigenvalue weighted by atomic mass is 10.2. The van der Waals surface area contributed by atoms with Crippen molar-refractivity contribution >= 4 is 5.97 Å².